The molecule has 0 N–H and O–H groups in total. The summed E-state index contributed by atoms with van der Waals surface area (Å²) in [6.45, 7) is 4.01. The average Bonchev–Trinajstić information content (AvgIpc) is 2.95. The zero-order valence-corrected chi connectivity index (χ0v) is 11.4. The number of nitriles is 1. The van der Waals surface area contributed by atoms with E-state index in [1.165, 1.54) is 6.08 Å². The fourth-order valence-electron chi connectivity index (χ4n) is 1.73. The van der Waals surface area contributed by atoms with Crippen molar-refractivity contribution in [3.05, 3.63) is 59.4 Å². The number of rotatable bonds is 4. The third kappa shape index (κ3) is 3.21. The lowest BCUT2D eigenvalue weighted by Gasteiger charge is -2.02. The molecule has 1 aromatic heterocycles. The molecule has 0 atom stereocenters. The maximum atomic E-state index is 12.0. The normalized spacial score (nSPS) is 10.9. The fraction of sp³-hybridized carbons (Fsp3) is 0.188. The van der Waals surface area contributed by atoms with Crippen LogP contribution in [0.1, 0.15) is 41.4 Å². The van der Waals surface area contributed by atoms with Crippen molar-refractivity contribution in [1.82, 2.24) is 9.78 Å². The van der Waals surface area contributed by atoms with Crippen LogP contribution in [0.4, 0.5) is 0 Å². The number of ketones is 1. The van der Waals surface area contributed by atoms with Gasteiger partial charge in [-0.25, -0.2) is 0 Å². The van der Waals surface area contributed by atoms with E-state index in [9.17, 15) is 4.79 Å². The van der Waals surface area contributed by atoms with Gasteiger partial charge in [-0.2, -0.15) is 10.4 Å². The molecule has 2 rings (SSSR count). The first-order valence-corrected chi connectivity index (χ1v) is 6.37. The first-order chi connectivity index (χ1) is 9.60. The maximum absolute atomic E-state index is 12.0. The zero-order chi connectivity index (χ0) is 14.5. The molecule has 0 bridgehead atoms. The van der Waals surface area contributed by atoms with Crippen molar-refractivity contribution in [1.29, 1.82) is 5.26 Å². The largest absolute Gasteiger partial charge is 0.289 e. The summed E-state index contributed by atoms with van der Waals surface area (Å²) in [6, 6.07) is 9.41. The molecule has 0 aliphatic carbocycles. The van der Waals surface area contributed by atoms with E-state index >= 15 is 0 Å². The van der Waals surface area contributed by atoms with E-state index in [1.54, 1.807) is 41.4 Å². The van der Waals surface area contributed by atoms with Gasteiger partial charge in [-0.15, -0.1) is 0 Å². The minimum absolute atomic E-state index is 0.0979. The van der Waals surface area contributed by atoms with Gasteiger partial charge in [0.15, 0.2) is 5.78 Å². The van der Waals surface area contributed by atoms with E-state index in [0.29, 0.717) is 11.1 Å². The lowest BCUT2D eigenvalue weighted by atomic mass is 10.1. The van der Waals surface area contributed by atoms with Crippen LogP contribution in [0.25, 0.3) is 6.08 Å². The predicted octanol–water partition coefficient (Wildman–Crippen LogP) is 3.23. The SMILES string of the molecule is CC(C)n1cc(C(=O)C=Cc2cccc(C#N)c2)cn1. The minimum Gasteiger partial charge on any atom is -0.289 e. The van der Waals surface area contributed by atoms with Gasteiger partial charge in [0.05, 0.1) is 23.4 Å². The molecule has 2 aromatic rings. The highest BCUT2D eigenvalue weighted by Crippen LogP contribution is 2.09. The number of allylic oxidation sites excluding steroid dienone is 1. The number of carbonyl (C=O) groups excluding carboxylic acids is 1. The van der Waals surface area contributed by atoms with Crippen LogP contribution < -0.4 is 0 Å². The van der Waals surface area contributed by atoms with Crippen LogP contribution in [0.2, 0.25) is 0 Å². The van der Waals surface area contributed by atoms with E-state index in [4.69, 9.17) is 5.26 Å². The zero-order valence-electron chi connectivity index (χ0n) is 11.4. The summed E-state index contributed by atoms with van der Waals surface area (Å²) in [5, 5.41) is 13.0. The quantitative estimate of drug-likeness (QED) is 0.630. The van der Waals surface area contributed by atoms with Gasteiger partial charge >= 0.3 is 0 Å². The number of hydrogen-bond donors (Lipinski definition) is 0. The third-order valence-electron chi connectivity index (χ3n) is 2.86. The Labute approximate surface area is 118 Å². The van der Waals surface area contributed by atoms with Crippen LogP contribution in [0, 0.1) is 11.3 Å². The molecule has 1 aromatic carbocycles. The van der Waals surface area contributed by atoms with Crippen molar-refractivity contribution < 1.29 is 4.79 Å². The van der Waals surface area contributed by atoms with E-state index in [-0.39, 0.29) is 11.8 Å². The van der Waals surface area contributed by atoms with E-state index in [2.05, 4.69) is 11.2 Å². The summed E-state index contributed by atoms with van der Waals surface area (Å²) in [5.74, 6) is -0.0979. The van der Waals surface area contributed by atoms with Crippen molar-refractivity contribution in [2.75, 3.05) is 0 Å². The standard InChI is InChI=1S/C16H15N3O/c1-12(2)19-11-15(10-18-19)16(20)7-6-13-4-3-5-14(8-13)9-17/h3-8,10-12H,1-2H3. The summed E-state index contributed by atoms with van der Waals surface area (Å²) in [4.78, 5) is 12.0. The molecule has 1 heterocycles. The smallest absolute Gasteiger partial charge is 0.189 e. The van der Waals surface area contributed by atoms with E-state index in [1.807, 2.05) is 19.9 Å². The second-order valence-corrected chi connectivity index (χ2v) is 4.74. The Morgan fingerprint density at radius 3 is 2.90 bits per heavy atom. The van der Waals surface area contributed by atoms with Crippen molar-refractivity contribution in [3.63, 3.8) is 0 Å². The molecule has 0 fully saturated rings. The average molecular weight is 265 g/mol. The minimum atomic E-state index is -0.0979. The highest BCUT2D eigenvalue weighted by molar-refractivity contribution is 6.06. The third-order valence-corrected chi connectivity index (χ3v) is 2.86. The Hall–Kier alpha value is -2.67. The summed E-state index contributed by atoms with van der Waals surface area (Å²) < 4.78 is 1.75. The van der Waals surface area contributed by atoms with E-state index < -0.39 is 0 Å². The second kappa shape index (κ2) is 5.98. The summed E-state index contributed by atoms with van der Waals surface area (Å²) in [5.41, 5.74) is 1.97. The molecule has 0 amide bonds. The number of carbonyl (C=O) groups is 1. The van der Waals surface area contributed by atoms with Gasteiger partial charge in [-0.05, 0) is 37.6 Å². The van der Waals surface area contributed by atoms with Gasteiger partial charge in [-0.3, -0.25) is 9.48 Å². The summed E-state index contributed by atoms with van der Waals surface area (Å²) >= 11 is 0. The second-order valence-electron chi connectivity index (χ2n) is 4.74. The van der Waals surface area contributed by atoms with Gasteiger partial charge in [0, 0.05) is 12.2 Å². The van der Waals surface area contributed by atoms with E-state index in [0.717, 1.165) is 5.56 Å². The van der Waals surface area contributed by atoms with Crippen LogP contribution >= 0.6 is 0 Å². The Bertz CT molecular complexity index is 690. The monoisotopic (exact) mass is 265 g/mol. The molecule has 0 saturated heterocycles. The molecule has 20 heavy (non-hydrogen) atoms. The number of benzene rings is 1. The molecule has 4 heteroatoms. The Balaban J connectivity index is 2.14. The maximum Gasteiger partial charge on any atom is 0.189 e. The lowest BCUT2D eigenvalue weighted by Crippen LogP contribution is -2.00. The van der Waals surface area contributed by atoms with Crippen LogP contribution in [-0.2, 0) is 0 Å². The number of aromatic nitrogens is 2. The van der Waals surface area contributed by atoms with Crippen LogP contribution in [0.3, 0.4) is 0 Å². The van der Waals surface area contributed by atoms with Gasteiger partial charge in [0.25, 0.3) is 0 Å². The van der Waals surface area contributed by atoms with Gasteiger partial charge in [-0.1, -0.05) is 18.2 Å². The molecule has 0 saturated carbocycles. The molecule has 4 nitrogen and oxygen atoms in total. The molecule has 0 unspecified atom stereocenters. The Morgan fingerprint density at radius 1 is 1.45 bits per heavy atom. The van der Waals surface area contributed by atoms with Crippen molar-refractivity contribution >= 4 is 11.9 Å². The van der Waals surface area contributed by atoms with Gasteiger partial charge < -0.3 is 0 Å². The molecule has 0 aliphatic rings. The predicted molar refractivity (Wildman–Crippen MR) is 77.1 cm³/mol. The highest BCUT2D eigenvalue weighted by Gasteiger charge is 2.06. The van der Waals surface area contributed by atoms with Crippen LogP contribution in [0.15, 0.2) is 42.7 Å². The number of hydrogen-bond acceptors (Lipinski definition) is 3. The topological polar surface area (TPSA) is 58.7 Å². The molecular weight excluding hydrogens is 250 g/mol. The van der Waals surface area contributed by atoms with Crippen molar-refractivity contribution in [3.8, 4) is 6.07 Å². The molecule has 100 valence electrons. The first-order valence-electron chi connectivity index (χ1n) is 6.37. The summed E-state index contributed by atoms with van der Waals surface area (Å²) in [7, 11) is 0. The lowest BCUT2D eigenvalue weighted by molar-refractivity contribution is 0.104. The fourth-order valence-corrected chi connectivity index (χ4v) is 1.73. The molecule has 0 radical (unpaired) electrons. The highest BCUT2D eigenvalue weighted by atomic mass is 16.1. The van der Waals surface area contributed by atoms with Crippen molar-refractivity contribution in [2.24, 2.45) is 0 Å². The van der Waals surface area contributed by atoms with Crippen LogP contribution in [0.5, 0.6) is 0 Å². The Morgan fingerprint density at radius 2 is 2.25 bits per heavy atom. The molecule has 0 spiro atoms. The number of nitrogens with zero attached hydrogens (tertiary/aromatic N) is 3. The van der Waals surface area contributed by atoms with Gasteiger partial charge in [0.1, 0.15) is 0 Å². The van der Waals surface area contributed by atoms with Crippen molar-refractivity contribution in [2.45, 2.75) is 19.9 Å². The van der Waals surface area contributed by atoms with Crippen LogP contribution in [-0.4, -0.2) is 15.6 Å². The molecule has 0 aliphatic heterocycles. The summed E-state index contributed by atoms with van der Waals surface area (Å²) in [6.07, 6.45) is 6.51. The Kier molecular flexibility index (Phi) is 4.11. The first kappa shape index (κ1) is 13.8. The molecular formula is C16H15N3O. The van der Waals surface area contributed by atoms with Gasteiger partial charge in [0.2, 0.25) is 0 Å².